The van der Waals surface area contributed by atoms with Gasteiger partial charge in [-0.05, 0) is 62.7 Å². The van der Waals surface area contributed by atoms with Gasteiger partial charge in [-0.25, -0.2) is 8.42 Å². The summed E-state index contributed by atoms with van der Waals surface area (Å²) < 4.78 is 33.3. The Bertz CT molecular complexity index is 1470. The van der Waals surface area contributed by atoms with E-state index in [9.17, 15) is 18.0 Å². The summed E-state index contributed by atoms with van der Waals surface area (Å²) in [4.78, 5) is 33.4. The lowest BCUT2D eigenvalue weighted by atomic mass is 9.94. The number of anilines is 1. The molecule has 0 atom stereocenters. The topological polar surface area (TPSA) is 148 Å². The van der Waals surface area contributed by atoms with Crippen molar-refractivity contribution >= 4 is 44.9 Å². The van der Waals surface area contributed by atoms with Crippen LogP contribution in [0.1, 0.15) is 61.5 Å². The summed E-state index contributed by atoms with van der Waals surface area (Å²) in [6.45, 7) is 10.3. The lowest BCUT2D eigenvalue weighted by molar-refractivity contribution is -0.125. The van der Waals surface area contributed by atoms with Crippen LogP contribution in [0.2, 0.25) is 5.02 Å². The van der Waals surface area contributed by atoms with Gasteiger partial charge >= 0.3 is 0 Å². The molecule has 2 aromatic carbocycles. The molecule has 4 rings (SSSR count). The van der Waals surface area contributed by atoms with Gasteiger partial charge in [0.2, 0.25) is 5.91 Å². The summed E-state index contributed by atoms with van der Waals surface area (Å²) in [5.41, 5.74) is 11.2. The van der Waals surface area contributed by atoms with Crippen LogP contribution in [-0.4, -0.2) is 57.3 Å². The van der Waals surface area contributed by atoms with Crippen molar-refractivity contribution in [2.75, 3.05) is 31.1 Å². The van der Waals surface area contributed by atoms with Crippen LogP contribution in [0.25, 0.3) is 0 Å². The number of halogens is 1. The molecule has 10 nitrogen and oxygen atoms in total. The van der Waals surface area contributed by atoms with Crippen molar-refractivity contribution in [3.8, 4) is 11.5 Å². The number of hydrogen-bond acceptors (Lipinski definition) is 6. The van der Waals surface area contributed by atoms with Crippen molar-refractivity contribution in [3.63, 3.8) is 0 Å². The Morgan fingerprint density at radius 1 is 1.07 bits per heavy atom. The maximum absolute atomic E-state index is 13.6. The van der Waals surface area contributed by atoms with Crippen molar-refractivity contribution in [1.82, 2.24) is 4.90 Å². The first-order valence-electron chi connectivity index (χ1n) is 13.2. The van der Waals surface area contributed by atoms with Crippen LogP contribution in [0.4, 0.5) is 5.69 Å². The molecule has 2 heterocycles. The third-order valence-corrected chi connectivity index (χ3v) is 8.94. The van der Waals surface area contributed by atoms with Crippen LogP contribution in [0.15, 0.2) is 34.2 Å². The minimum atomic E-state index is -3.99. The quantitative estimate of drug-likeness (QED) is 0.392. The van der Waals surface area contributed by atoms with Crippen LogP contribution < -0.4 is 21.1 Å². The maximum atomic E-state index is 13.6. The summed E-state index contributed by atoms with van der Waals surface area (Å²) in [6, 6.07) is 5.97. The third-order valence-electron chi connectivity index (χ3n) is 7.00. The average Bonchev–Trinajstić information content (AvgIpc) is 2.97. The Morgan fingerprint density at radius 3 is 2.38 bits per heavy atom. The van der Waals surface area contributed by atoms with E-state index >= 15 is 0 Å². The molecule has 0 aromatic heterocycles. The second kappa shape index (κ2) is 11.4. The second-order valence-corrected chi connectivity index (χ2v) is 13.7. The highest BCUT2D eigenvalue weighted by atomic mass is 35.5. The van der Waals surface area contributed by atoms with Crippen molar-refractivity contribution in [3.05, 3.63) is 46.0 Å². The van der Waals surface area contributed by atoms with Crippen LogP contribution in [0.3, 0.4) is 0 Å². The summed E-state index contributed by atoms with van der Waals surface area (Å²) in [7, 11) is -3.99. The minimum Gasteiger partial charge on any atom is -0.454 e. The number of carbonyl (C=O) groups excluding carboxylic acids is 2. The molecular weight excluding hydrogens is 554 g/mol. The first-order chi connectivity index (χ1) is 18.7. The first-order valence-corrected chi connectivity index (χ1v) is 15.3. The summed E-state index contributed by atoms with van der Waals surface area (Å²) in [5, 5.41) is 0.181. The minimum absolute atomic E-state index is 0.00855. The first kappa shape index (κ1) is 29.8. The predicted molar refractivity (Wildman–Crippen MR) is 156 cm³/mol. The highest BCUT2D eigenvalue weighted by Gasteiger charge is 2.34. The largest absolute Gasteiger partial charge is 0.454 e. The summed E-state index contributed by atoms with van der Waals surface area (Å²) >= 11 is 6.71. The number of nitrogens with zero attached hydrogens (tertiary/aromatic N) is 3. The SMILES string of the molecule is Cc1cc(C(=O)N=C(N)N)cc2c1Oc1c(Cl)cc(N(CCN3CCCCC3)C(=O)C(C)(C)C)cc1CS2(=O)=O. The van der Waals surface area contributed by atoms with Gasteiger partial charge in [-0.3, -0.25) is 9.59 Å². The van der Waals surface area contributed by atoms with Gasteiger partial charge in [0.15, 0.2) is 15.8 Å². The molecule has 4 N–H and O–H groups in total. The third kappa shape index (κ3) is 6.42. The number of rotatable bonds is 5. The standard InChI is InChI=1S/C28H36ClN5O5S/c1-17-12-18(25(35)32-27(30)31)14-22-23(17)39-24-19(16-40(22,37)38)13-20(15-21(24)29)34(26(36)28(2,3)4)11-10-33-8-6-5-7-9-33/h12-15H,5-11,16H2,1-4H3,(H4,30,31,32,35). The molecule has 1 saturated heterocycles. The molecule has 2 aromatic rings. The predicted octanol–water partition coefficient (Wildman–Crippen LogP) is 4.01. The average molecular weight is 590 g/mol. The van der Waals surface area contributed by atoms with Crippen molar-refractivity contribution in [1.29, 1.82) is 0 Å². The zero-order valence-corrected chi connectivity index (χ0v) is 24.9. The monoisotopic (exact) mass is 589 g/mol. The van der Waals surface area contributed by atoms with E-state index < -0.39 is 32.9 Å². The summed E-state index contributed by atoms with van der Waals surface area (Å²) in [5.74, 6) is -1.47. The van der Waals surface area contributed by atoms with E-state index in [-0.39, 0.29) is 32.9 Å². The number of amides is 2. The molecule has 2 amide bonds. The van der Waals surface area contributed by atoms with Crippen LogP contribution in [0, 0.1) is 12.3 Å². The Labute approximate surface area is 240 Å². The molecule has 0 saturated carbocycles. The number of aryl methyl sites for hydroxylation is 1. The molecular formula is C28H36ClN5O5S. The number of fused-ring (bicyclic) bond motifs is 2. The highest BCUT2D eigenvalue weighted by molar-refractivity contribution is 7.90. The molecule has 1 fully saturated rings. The highest BCUT2D eigenvalue weighted by Crippen LogP contribution is 2.45. The van der Waals surface area contributed by atoms with Crippen molar-refractivity contribution < 1.29 is 22.7 Å². The zero-order valence-electron chi connectivity index (χ0n) is 23.3. The van der Waals surface area contributed by atoms with Crippen molar-refractivity contribution in [2.24, 2.45) is 21.9 Å². The molecule has 0 bridgehead atoms. The molecule has 0 spiro atoms. The van der Waals surface area contributed by atoms with E-state index in [4.69, 9.17) is 27.8 Å². The second-order valence-electron chi connectivity index (χ2n) is 11.3. The van der Waals surface area contributed by atoms with Gasteiger partial charge in [0.05, 0.1) is 10.8 Å². The number of hydrogen-bond donors (Lipinski definition) is 2. The Morgan fingerprint density at radius 2 is 1.75 bits per heavy atom. The van der Waals surface area contributed by atoms with Gasteiger partial charge < -0.3 is 26.0 Å². The van der Waals surface area contributed by atoms with E-state index in [1.807, 2.05) is 20.8 Å². The number of ether oxygens (including phenoxy) is 1. The molecule has 40 heavy (non-hydrogen) atoms. The maximum Gasteiger partial charge on any atom is 0.280 e. The fraction of sp³-hybridized carbons (Fsp3) is 0.464. The van der Waals surface area contributed by atoms with E-state index in [2.05, 4.69) is 9.89 Å². The van der Waals surface area contributed by atoms with Gasteiger partial charge in [0, 0.05) is 35.3 Å². The van der Waals surface area contributed by atoms with E-state index in [0.29, 0.717) is 29.9 Å². The van der Waals surface area contributed by atoms with Crippen LogP contribution >= 0.6 is 11.6 Å². The van der Waals surface area contributed by atoms with Gasteiger partial charge in [-0.1, -0.05) is 38.8 Å². The normalized spacial score (nSPS) is 16.6. The number of carbonyl (C=O) groups is 2. The lowest BCUT2D eigenvalue weighted by Gasteiger charge is -2.33. The van der Waals surface area contributed by atoms with E-state index in [1.165, 1.54) is 18.6 Å². The fourth-order valence-corrected chi connectivity index (χ4v) is 6.82. The number of piperidine rings is 1. The molecule has 2 aliphatic rings. The number of guanidine groups is 1. The number of likely N-dealkylation sites (tertiary alicyclic amines) is 1. The Kier molecular flexibility index (Phi) is 8.49. The van der Waals surface area contributed by atoms with Crippen LogP contribution in [0.5, 0.6) is 11.5 Å². The lowest BCUT2D eigenvalue weighted by Crippen LogP contribution is -2.45. The van der Waals surface area contributed by atoms with Gasteiger partial charge in [0.25, 0.3) is 5.91 Å². The zero-order chi connectivity index (χ0) is 29.4. The van der Waals surface area contributed by atoms with E-state index in [0.717, 1.165) is 25.9 Å². The number of sulfone groups is 1. The molecule has 0 unspecified atom stereocenters. The molecule has 2 aliphatic heterocycles. The molecule has 0 radical (unpaired) electrons. The van der Waals surface area contributed by atoms with Crippen molar-refractivity contribution in [2.45, 2.75) is 57.6 Å². The fourth-order valence-electron chi connectivity index (χ4n) is 4.98. The number of nitrogens with two attached hydrogens (primary N) is 2. The van der Waals surface area contributed by atoms with Gasteiger partial charge in [0.1, 0.15) is 16.4 Å². The summed E-state index contributed by atoms with van der Waals surface area (Å²) in [6.07, 6.45) is 3.47. The molecule has 12 heteroatoms. The van der Waals surface area contributed by atoms with Crippen LogP contribution in [-0.2, 0) is 20.4 Å². The van der Waals surface area contributed by atoms with Gasteiger partial charge in [-0.15, -0.1) is 0 Å². The smallest absolute Gasteiger partial charge is 0.280 e. The van der Waals surface area contributed by atoms with Gasteiger partial charge in [-0.2, -0.15) is 4.99 Å². The Balaban J connectivity index is 1.75. The number of aliphatic imine (C=N–C) groups is 1. The molecule has 0 aliphatic carbocycles. The Hall–Kier alpha value is -3.15. The van der Waals surface area contributed by atoms with E-state index in [1.54, 1.807) is 24.0 Å². The number of benzene rings is 2. The molecule has 216 valence electrons.